The molecule has 1 unspecified atom stereocenters. The van der Waals surface area contributed by atoms with Crippen molar-refractivity contribution in [1.29, 1.82) is 0 Å². The third-order valence-corrected chi connectivity index (χ3v) is 2.23. The molecule has 0 fully saturated rings. The first-order valence-electron chi connectivity index (χ1n) is 4.51. The van der Waals surface area contributed by atoms with Crippen molar-refractivity contribution in [2.24, 2.45) is 0 Å². The first-order chi connectivity index (χ1) is 5.88. The number of likely N-dealkylation sites (N-methyl/N-ethyl adjacent to an activating group) is 1. The number of hydrogen-bond acceptors (Lipinski definition) is 2. The number of quaternary nitrogens is 1. The molecule has 0 aliphatic carbocycles. The summed E-state index contributed by atoms with van der Waals surface area (Å²) < 4.78 is 0.677. The van der Waals surface area contributed by atoms with Gasteiger partial charge in [-0.15, -0.1) is 0 Å². The van der Waals surface area contributed by atoms with Gasteiger partial charge in [0.2, 0.25) is 0 Å². The fraction of sp³-hybridized carbons (Fsp3) is 0.889. The van der Waals surface area contributed by atoms with Crippen LogP contribution in [0.3, 0.4) is 0 Å². The van der Waals surface area contributed by atoms with Gasteiger partial charge in [0.15, 0.2) is 0 Å². The molecule has 0 aliphatic heterocycles. The van der Waals surface area contributed by atoms with Gasteiger partial charge in [-0.2, -0.15) is 0 Å². The largest absolute Gasteiger partial charge is 0.481 e. The maximum Gasteiger partial charge on any atom is 0.303 e. The van der Waals surface area contributed by atoms with Gasteiger partial charge in [0.25, 0.3) is 0 Å². The maximum absolute atomic E-state index is 10.3. The van der Waals surface area contributed by atoms with E-state index < -0.39 is 5.97 Å². The molecule has 0 aromatic rings. The molecule has 0 radical (unpaired) electrons. The van der Waals surface area contributed by atoms with Gasteiger partial charge in [-0.05, 0) is 6.42 Å². The topological polar surface area (TPSA) is 57.5 Å². The molecule has 0 spiro atoms. The Morgan fingerprint density at radius 2 is 1.92 bits per heavy atom. The van der Waals surface area contributed by atoms with Crippen LogP contribution in [0.5, 0.6) is 0 Å². The van der Waals surface area contributed by atoms with Crippen molar-refractivity contribution >= 4 is 5.97 Å². The van der Waals surface area contributed by atoms with Crippen LogP contribution >= 0.6 is 0 Å². The second-order valence-corrected chi connectivity index (χ2v) is 4.24. The summed E-state index contributed by atoms with van der Waals surface area (Å²) in [4.78, 5) is 10.3. The number of aliphatic carboxylic acids is 1. The zero-order valence-electron chi connectivity index (χ0n) is 8.66. The normalized spacial score (nSPS) is 14.2. The van der Waals surface area contributed by atoms with E-state index in [4.69, 9.17) is 10.2 Å². The SMILES string of the molecule is C[N+](C)(C)C(CO)CCCC(=O)O. The summed E-state index contributed by atoms with van der Waals surface area (Å²) in [6.45, 7) is 0.114. The summed E-state index contributed by atoms with van der Waals surface area (Å²) in [5.74, 6) is -0.766. The van der Waals surface area contributed by atoms with Gasteiger partial charge in [0.05, 0.1) is 27.7 Å². The molecule has 0 aromatic carbocycles. The Bertz CT molecular complexity index is 163. The summed E-state index contributed by atoms with van der Waals surface area (Å²) in [5.41, 5.74) is 0. The number of hydrogen-bond donors (Lipinski definition) is 2. The first-order valence-corrected chi connectivity index (χ1v) is 4.51. The molecule has 78 valence electrons. The lowest BCUT2D eigenvalue weighted by atomic mass is 10.1. The number of rotatable bonds is 6. The maximum atomic E-state index is 10.3. The minimum atomic E-state index is -0.766. The van der Waals surface area contributed by atoms with Crippen LogP contribution in [0, 0.1) is 0 Å². The molecule has 0 bridgehead atoms. The lowest BCUT2D eigenvalue weighted by Crippen LogP contribution is -2.47. The van der Waals surface area contributed by atoms with E-state index in [1.165, 1.54) is 0 Å². The second kappa shape index (κ2) is 5.19. The average molecular weight is 190 g/mol. The Labute approximate surface area is 79.4 Å². The predicted octanol–water partition coefficient (Wildman–Crippen LogP) is 0.308. The fourth-order valence-corrected chi connectivity index (χ4v) is 1.21. The Kier molecular flexibility index (Phi) is 4.95. The van der Waals surface area contributed by atoms with Crippen molar-refractivity contribution in [3.05, 3.63) is 0 Å². The molecule has 4 nitrogen and oxygen atoms in total. The van der Waals surface area contributed by atoms with Crippen molar-refractivity contribution in [2.75, 3.05) is 27.7 Å². The molecule has 4 heteroatoms. The lowest BCUT2D eigenvalue weighted by Gasteiger charge is -2.32. The van der Waals surface area contributed by atoms with E-state index in [-0.39, 0.29) is 19.1 Å². The smallest absolute Gasteiger partial charge is 0.303 e. The zero-order valence-corrected chi connectivity index (χ0v) is 8.66. The highest BCUT2D eigenvalue weighted by Gasteiger charge is 2.22. The van der Waals surface area contributed by atoms with Crippen LogP contribution in [0.25, 0.3) is 0 Å². The quantitative estimate of drug-likeness (QED) is 0.593. The standard InChI is InChI=1S/C9H19NO3/c1-10(2,3)8(7-11)5-4-6-9(12)13/h8,11H,4-7H2,1-3H3/p+1. The zero-order chi connectivity index (χ0) is 10.5. The van der Waals surface area contributed by atoms with E-state index in [1.54, 1.807) is 0 Å². The Morgan fingerprint density at radius 3 is 2.23 bits per heavy atom. The first kappa shape index (κ1) is 12.4. The van der Waals surface area contributed by atoms with E-state index >= 15 is 0 Å². The molecular weight excluding hydrogens is 170 g/mol. The molecule has 0 saturated heterocycles. The average Bonchev–Trinajstić information content (AvgIpc) is 1.95. The van der Waals surface area contributed by atoms with Gasteiger partial charge in [-0.1, -0.05) is 0 Å². The van der Waals surface area contributed by atoms with E-state index in [2.05, 4.69) is 0 Å². The summed E-state index contributed by atoms with van der Waals surface area (Å²) in [7, 11) is 6.00. The molecule has 0 heterocycles. The second-order valence-electron chi connectivity index (χ2n) is 4.24. The lowest BCUT2D eigenvalue weighted by molar-refractivity contribution is -0.896. The van der Waals surface area contributed by atoms with Crippen LogP contribution < -0.4 is 0 Å². The number of carboxylic acids is 1. The highest BCUT2D eigenvalue weighted by Crippen LogP contribution is 2.10. The third kappa shape index (κ3) is 5.60. The van der Waals surface area contributed by atoms with E-state index in [0.717, 1.165) is 6.42 Å². The Balaban J connectivity index is 3.80. The van der Waals surface area contributed by atoms with Crippen LogP contribution in [0.1, 0.15) is 19.3 Å². The molecule has 13 heavy (non-hydrogen) atoms. The van der Waals surface area contributed by atoms with E-state index in [1.807, 2.05) is 21.1 Å². The van der Waals surface area contributed by atoms with Crippen molar-refractivity contribution in [2.45, 2.75) is 25.3 Å². The van der Waals surface area contributed by atoms with Gasteiger partial charge < -0.3 is 14.7 Å². The van der Waals surface area contributed by atoms with Crippen molar-refractivity contribution in [3.8, 4) is 0 Å². The minimum Gasteiger partial charge on any atom is -0.481 e. The van der Waals surface area contributed by atoms with Crippen LogP contribution in [-0.4, -0.2) is 54.5 Å². The molecule has 2 N–H and O–H groups in total. The van der Waals surface area contributed by atoms with E-state index in [0.29, 0.717) is 10.9 Å². The minimum absolute atomic E-state index is 0.114. The fourth-order valence-electron chi connectivity index (χ4n) is 1.21. The Morgan fingerprint density at radius 1 is 1.38 bits per heavy atom. The summed E-state index contributed by atoms with van der Waals surface area (Å²) in [5, 5.41) is 17.5. The predicted molar refractivity (Wildman–Crippen MR) is 50.4 cm³/mol. The van der Waals surface area contributed by atoms with Gasteiger partial charge in [0, 0.05) is 12.8 Å². The van der Waals surface area contributed by atoms with Gasteiger partial charge in [-0.25, -0.2) is 0 Å². The summed E-state index contributed by atoms with van der Waals surface area (Å²) in [6.07, 6.45) is 1.58. The number of carboxylic acid groups (broad SMARTS) is 1. The van der Waals surface area contributed by atoms with Crippen LogP contribution in [0.15, 0.2) is 0 Å². The monoisotopic (exact) mass is 190 g/mol. The number of carbonyl (C=O) groups is 1. The molecule has 1 atom stereocenters. The summed E-state index contributed by atoms with van der Waals surface area (Å²) >= 11 is 0. The van der Waals surface area contributed by atoms with Crippen LogP contribution in [0.4, 0.5) is 0 Å². The molecule has 0 aromatic heterocycles. The highest BCUT2D eigenvalue weighted by molar-refractivity contribution is 5.66. The number of aliphatic hydroxyl groups is 1. The number of aliphatic hydroxyl groups excluding tert-OH is 1. The summed E-state index contributed by atoms with van der Waals surface area (Å²) in [6, 6.07) is 0.138. The molecule has 0 rings (SSSR count). The molecule has 0 aliphatic rings. The van der Waals surface area contributed by atoms with E-state index in [9.17, 15) is 4.79 Å². The van der Waals surface area contributed by atoms with Crippen molar-refractivity contribution in [3.63, 3.8) is 0 Å². The van der Waals surface area contributed by atoms with Gasteiger partial charge in [-0.3, -0.25) is 4.79 Å². The van der Waals surface area contributed by atoms with Gasteiger partial charge in [0.1, 0.15) is 6.04 Å². The van der Waals surface area contributed by atoms with Crippen molar-refractivity contribution < 1.29 is 19.5 Å². The van der Waals surface area contributed by atoms with Crippen LogP contribution in [-0.2, 0) is 4.79 Å². The highest BCUT2D eigenvalue weighted by atomic mass is 16.4. The molecule has 0 saturated carbocycles. The Hall–Kier alpha value is -0.610. The number of nitrogens with zero attached hydrogens (tertiary/aromatic N) is 1. The van der Waals surface area contributed by atoms with Crippen molar-refractivity contribution in [1.82, 2.24) is 0 Å². The van der Waals surface area contributed by atoms with Gasteiger partial charge >= 0.3 is 5.97 Å². The molecular formula is C9H20NO3+. The molecule has 0 amide bonds. The third-order valence-electron chi connectivity index (χ3n) is 2.23. The van der Waals surface area contributed by atoms with Crippen LogP contribution in [0.2, 0.25) is 0 Å².